The van der Waals surface area contributed by atoms with Crippen molar-refractivity contribution in [3.63, 3.8) is 0 Å². The van der Waals surface area contributed by atoms with E-state index >= 15 is 70.2 Å². The molecule has 0 unspecified atom stereocenters. The summed E-state index contributed by atoms with van der Waals surface area (Å²) in [6.07, 6.45) is -14.4. The molecule has 0 aromatic heterocycles. The zero-order valence-electron chi connectivity index (χ0n) is 47.9. The molecule has 0 aliphatic heterocycles. The summed E-state index contributed by atoms with van der Waals surface area (Å²) in [7, 11) is 0. The lowest BCUT2D eigenvalue weighted by Crippen LogP contribution is -3.61. The zero-order chi connectivity index (χ0) is 77.6. The summed E-state index contributed by atoms with van der Waals surface area (Å²) in [5.74, 6) is -143. The lowest BCUT2D eigenvalue weighted by Gasteiger charge is -2.44. The molecule has 0 heterocycles. The smallest absolute Gasteiger partial charge is 0.207 e. The lowest BCUT2D eigenvalue weighted by molar-refractivity contribution is -0.597. The first-order chi connectivity index (χ1) is 47.9. The highest BCUT2D eigenvalue weighted by Gasteiger charge is 2.55. The zero-order valence-corrected chi connectivity index (χ0v) is 52.6. The third kappa shape index (κ3) is 12.5. The average Bonchev–Trinajstić information content (AvgIpc) is 0.687. The number of benzene rings is 10. The van der Waals surface area contributed by atoms with Gasteiger partial charge < -0.3 is 0 Å². The average molecular weight is 1770 g/mol. The largest absolute Gasteiger partial charge is 0.357 e. The molecule has 0 bridgehead atoms. The summed E-state index contributed by atoms with van der Waals surface area (Å²) in [5, 5.41) is 0. The van der Waals surface area contributed by atoms with E-state index in [0.29, 0.717) is 0 Å². The van der Waals surface area contributed by atoms with Crippen molar-refractivity contribution < 1.29 is 221 Å². The van der Waals surface area contributed by atoms with Crippen LogP contribution in [0.25, 0.3) is 0 Å². The first-order valence-electron chi connectivity index (χ1n) is 26.1. The van der Waals surface area contributed by atoms with Gasteiger partial charge in [-0.1, -0.05) is 36.4 Å². The Labute approximate surface area is 574 Å². The van der Waals surface area contributed by atoms with E-state index in [2.05, 4.69) is 60.7 Å². The molecule has 0 N–H and O–H groups in total. The molecule has 0 fully saturated rings. The van der Waals surface area contributed by atoms with Crippen molar-refractivity contribution in [2.45, 2.75) is 0 Å². The second kappa shape index (κ2) is 30.2. The highest BCUT2D eigenvalue weighted by molar-refractivity contribution is 7.21. The van der Waals surface area contributed by atoms with Gasteiger partial charge in [0.15, 0.2) is 147 Å². The molecule has 0 amide bonds. The summed E-state index contributed by atoms with van der Waals surface area (Å²) >= 11 is 0.0287. The number of rotatable bonds is 10. The maximum absolute atomic E-state index is 15.4. The van der Waals surface area contributed by atoms with Crippen LogP contribution in [0.15, 0.2) is 60.7 Å². The van der Waals surface area contributed by atoms with Gasteiger partial charge in [0, 0.05) is 0 Å². The topological polar surface area (TPSA) is 0 Å². The normalized spacial score (nSPS) is 11.6. The van der Waals surface area contributed by atoms with Crippen LogP contribution in [-0.4, -0.2) is 12.3 Å². The molecule has 44 heteroatoms. The van der Waals surface area contributed by atoms with E-state index in [1.165, 1.54) is 7.14 Å². The third-order valence-electron chi connectivity index (χ3n) is 15.1. The molecule has 0 atom stereocenters. The van der Waals surface area contributed by atoms with Gasteiger partial charge in [-0.05, 0) is 24.3 Å². The summed E-state index contributed by atoms with van der Waals surface area (Å²) in [6.45, 7) is 0. The van der Waals surface area contributed by atoms with E-state index in [9.17, 15) is 105 Å². The molecule has 0 aliphatic carbocycles. The van der Waals surface area contributed by atoms with E-state index in [1.54, 1.807) is 0 Å². The van der Waals surface area contributed by atoms with E-state index in [-0.39, 0.29) is 45.2 Å². The first-order valence-corrected chi connectivity index (χ1v) is 28.2. The van der Waals surface area contributed by atoms with Crippen LogP contribution in [0.4, 0.5) is 176 Å². The van der Waals surface area contributed by atoms with Gasteiger partial charge in [-0.3, -0.25) is 0 Å². The highest BCUT2D eigenvalue weighted by Crippen LogP contribution is 2.34. The maximum Gasteiger partial charge on any atom is 0.357 e. The summed E-state index contributed by atoms with van der Waals surface area (Å²) in [4.78, 5) is 0. The second-order valence-corrected chi connectivity index (χ2v) is 23.3. The Bertz CT molecular complexity index is 4090. The second-order valence-electron chi connectivity index (χ2n) is 20.3. The van der Waals surface area contributed by atoms with E-state index in [0.717, 1.165) is 0 Å². The van der Waals surface area contributed by atoms with Crippen LogP contribution in [0.5, 0.6) is 0 Å². The Morgan fingerprint density at radius 3 is 0.317 bits per heavy atom. The monoisotopic (exact) mass is 1770 g/mol. The van der Waals surface area contributed by atoms with E-state index < -0.39 is 289 Å². The molecule has 0 spiro atoms. The molecular formula is C60H12B2F40I2. The van der Waals surface area contributed by atoms with Crippen LogP contribution >= 0.6 is 0 Å². The van der Waals surface area contributed by atoms with Crippen LogP contribution in [0.1, 0.15) is 0 Å². The van der Waals surface area contributed by atoms with Crippen LogP contribution in [0.2, 0.25) is 0 Å². The molecule has 0 radical (unpaired) electrons. The van der Waals surface area contributed by atoms with E-state index in [1.807, 2.05) is 0 Å². The maximum atomic E-state index is 15.4. The Hall–Kier alpha value is -9.01. The number of halogens is 42. The molecule has 0 nitrogen and oxygen atoms in total. The molecule has 10 aromatic rings. The van der Waals surface area contributed by atoms with Crippen molar-refractivity contribution in [1.29, 1.82) is 0 Å². The van der Waals surface area contributed by atoms with Gasteiger partial charge in [0.1, 0.15) is 105 Å². The standard InChI is InChI=1S/2C24BF20.C12H10I.H2I/c2*26-5-1(6(27)14(35)21(42)13(5)34)25(2-7(28)15(36)22(43)16(37)8(2)29,3-9(30)17(38)23(44)18(39)10(3)31)4-11(32)19(40)24(45)20(41)12(4)33;1-3-7-11(8-4-1)13-12-9-5-2-6-10-12;/h;;1-10H;1H2/q2*-1;2*+1. The fourth-order valence-corrected chi connectivity index (χ4v) is 13.1. The fourth-order valence-electron chi connectivity index (χ4n) is 10.8. The van der Waals surface area contributed by atoms with Gasteiger partial charge in [-0.2, -0.15) is 0 Å². The molecule has 10 rings (SSSR count). The van der Waals surface area contributed by atoms with Gasteiger partial charge in [-0.25, -0.2) is 176 Å². The number of hydrogen-bond donors (Lipinski definition) is 0. The summed E-state index contributed by atoms with van der Waals surface area (Å²) in [5.41, 5.74) is -28.7. The molecule has 0 aliphatic rings. The summed E-state index contributed by atoms with van der Waals surface area (Å²) < 4.78 is 591. The van der Waals surface area contributed by atoms with Crippen LogP contribution < -0.4 is 88.9 Å². The quantitative estimate of drug-likeness (QED) is 0.0429. The van der Waals surface area contributed by atoms with Crippen LogP contribution in [0.3, 0.4) is 0 Å². The van der Waals surface area contributed by atoms with Crippen molar-refractivity contribution in [2.24, 2.45) is 0 Å². The Morgan fingerprint density at radius 1 is 0.135 bits per heavy atom. The summed E-state index contributed by atoms with van der Waals surface area (Å²) in [6, 6.07) is 21.4. The highest BCUT2D eigenvalue weighted by atomic mass is 127. The fraction of sp³-hybridized carbons (Fsp3) is 0. The van der Waals surface area contributed by atoms with Gasteiger partial charge >= 0.3 is 21.2 Å². The van der Waals surface area contributed by atoms with Gasteiger partial charge in [0.25, 0.3) is 0 Å². The minimum absolute atomic E-state index is 0. The van der Waals surface area contributed by atoms with Crippen LogP contribution in [0, 0.1) is 240 Å². The minimum Gasteiger partial charge on any atom is -0.207 e. The number of hydrogen-bond acceptors (Lipinski definition) is 0. The molecule has 10 aromatic carbocycles. The minimum atomic E-state index is -7.22. The molecule has 104 heavy (non-hydrogen) atoms. The van der Waals surface area contributed by atoms with E-state index in [4.69, 9.17) is 0 Å². The van der Waals surface area contributed by atoms with Crippen molar-refractivity contribution in [2.75, 3.05) is 0 Å². The molecule has 0 saturated carbocycles. The van der Waals surface area contributed by atoms with Crippen LogP contribution in [-0.2, 0) is 0 Å². The molecule has 0 saturated heterocycles. The van der Waals surface area contributed by atoms with Gasteiger partial charge in [0.2, 0.25) is 24.0 Å². The third-order valence-corrected chi connectivity index (χ3v) is 17.8. The van der Waals surface area contributed by atoms with Crippen molar-refractivity contribution in [3.8, 4) is 0 Å². The SMILES string of the molecule is Fc1c(F)c(F)c([B-](c2c(F)c(F)c(F)c(F)c2F)(c2c(F)c(F)c(F)c(F)c2F)c2c(F)c(F)c(F)c(F)c2F)c(F)c1F.Fc1c(F)c(F)c([B-](c2c(F)c(F)c(F)c(F)c2F)(c2c(F)c(F)c(F)c(F)c2F)c2c(F)c(F)c(F)c(F)c2F)c(F)c1F.[IH2+].c1ccc([I+]c2ccccc2)cc1. The Balaban J connectivity index is 0.000000245. The lowest BCUT2D eigenvalue weighted by atomic mass is 9.12. The van der Waals surface area contributed by atoms with Gasteiger partial charge in [-0.15, -0.1) is 43.7 Å². The van der Waals surface area contributed by atoms with Crippen molar-refractivity contribution in [1.82, 2.24) is 0 Å². The van der Waals surface area contributed by atoms with Gasteiger partial charge in [0.05, 0.1) is 0 Å². The predicted octanol–water partition coefficient (Wildman–Crippen LogP) is 7.98. The predicted molar refractivity (Wildman–Crippen MR) is 272 cm³/mol. The molecular weight excluding hydrogens is 1760 g/mol. The Kier molecular flexibility index (Phi) is 23.9. The Morgan fingerprint density at radius 2 is 0.221 bits per heavy atom. The van der Waals surface area contributed by atoms with Crippen molar-refractivity contribution in [3.05, 3.63) is 300 Å². The first kappa shape index (κ1) is 82.3. The van der Waals surface area contributed by atoms with Crippen molar-refractivity contribution >= 4 is 56.0 Å². The molecule has 552 valence electrons.